The van der Waals surface area contributed by atoms with Gasteiger partial charge < -0.3 is 14.5 Å². The zero-order valence-corrected chi connectivity index (χ0v) is 19.3. The van der Waals surface area contributed by atoms with E-state index in [0.29, 0.717) is 24.5 Å². The van der Waals surface area contributed by atoms with E-state index >= 15 is 0 Å². The smallest absolute Gasteiger partial charge is 0.243 e. The third-order valence-electron chi connectivity index (χ3n) is 5.48. The van der Waals surface area contributed by atoms with Crippen LogP contribution in [0.2, 0.25) is 0 Å². The summed E-state index contributed by atoms with van der Waals surface area (Å²) in [6.45, 7) is 8.28. The first-order valence-electron chi connectivity index (χ1n) is 10.2. The maximum Gasteiger partial charge on any atom is 0.243 e. The molecule has 166 valence electrons. The summed E-state index contributed by atoms with van der Waals surface area (Å²) in [5, 5.41) is 3.68. The zero-order valence-electron chi connectivity index (χ0n) is 18.5. The van der Waals surface area contributed by atoms with Crippen molar-refractivity contribution in [2.75, 3.05) is 25.5 Å². The molecule has 1 aromatic heterocycles. The number of hydrogen-bond acceptors (Lipinski definition) is 5. The number of fused-ring (bicyclic) bond motifs is 1. The molecular formula is C23H28N2O5S. The maximum atomic E-state index is 12.9. The number of rotatable bonds is 8. The van der Waals surface area contributed by atoms with Gasteiger partial charge in [0.05, 0.1) is 30.4 Å². The number of nitrogens with one attached hydrogen (secondary N) is 1. The third-order valence-corrected chi connectivity index (χ3v) is 7.53. The molecule has 0 unspecified atom stereocenters. The van der Waals surface area contributed by atoms with Crippen LogP contribution in [0.4, 0.5) is 5.69 Å². The monoisotopic (exact) mass is 444 g/mol. The predicted molar refractivity (Wildman–Crippen MR) is 121 cm³/mol. The minimum Gasteiger partial charge on any atom is -0.495 e. The fourth-order valence-corrected chi connectivity index (χ4v) is 5.04. The highest BCUT2D eigenvalue weighted by Gasteiger charge is 2.23. The Kier molecular flexibility index (Phi) is 6.71. The first-order valence-corrected chi connectivity index (χ1v) is 11.6. The molecule has 0 saturated carbocycles. The predicted octanol–water partition coefficient (Wildman–Crippen LogP) is 4.27. The van der Waals surface area contributed by atoms with Crippen LogP contribution in [0, 0.1) is 13.8 Å². The number of amides is 1. The summed E-state index contributed by atoms with van der Waals surface area (Å²) in [4.78, 5) is 12.9. The number of carbonyl (C=O) groups is 1. The molecule has 0 radical (unpaired) electrons. The van der Waals surface area contributed by atoms with Crippen LogP contribution in [0.3, 0.4) is 0 Å². The molecule has 3 rings (SSSR count). The molecular weight excluding hydrogens is 416 g/mol. The van der Waals surface area contributed by atoms with Gasteiger partial charge in [0.2, 0.25) is 15.9 Å². The Hall–Kier alpha value is -2.84. The maximum absolute atomic E-state index is 12.9. The molecule has 1 amide bonds. The molecule has 1 N–H and O–H groups in total. The van der Waals surface area contributed by atoms with E-state index in [4.69, 9.17) is 9.15 Å². The minimum atomic E-state index is -3.66. The van der Waals surface area contributed by atoms with Crippen molar-refractivity contribution >= 4 is 32.6 Å². The topological polar surface area (TPSA) is 88.9 Å². The second kappa shape index (κ2) is 9.11. The molecule has 0 fully saturated rings. The lowest BCUT2D eigenvalue weighted by Crippen LogP contribution is -2.30. The Balaban J connectivity index is 1.88. The normalized spacial score (nSPS) is 11.8. The highest BCUT2D eigenvalue weighted by Crippen LogP contribution is 2.30. The first kappa shape index (κ1) is 22.8. The van der Waals surface area contributed by atoms with Crippen LogP contribution in [0.5, 0.6) is 5.75 Å². The first-order chi connectivity index (χ1) is 14.7. The lowest BCUT2D eigenvalue weighted by molar-refractivity contribution is -0.115. The van der Waals surface area contributed by atoms with Crippen LogP contribution in [-0.2, 0) is 21.2 Å². The van der Waals surface area contributed by atoms with Gasteiger partial charge in [-0.15, -0.1) is 0 Å². The van der Waals surface area contributed by atoms with Crippen LogP contribution in [-0.4, -0.2) is 38.8 Å². The number of sulfonamides is 1. The van der Waals surface area contributed by atoms with E-state index in [1.165, 1.54) is 23.5 Å². The highest BCUT2D eigenvalue weighted by atomic mass is 32.2. The second-order valence-corrected chi connectivity index (χ2v) is 9.26. The van der Waals surface area contributed by atoms with E-state index in [-0.39, 0.29) is 17.2 Å². The van der Waals surface area contributed by atoms with Gasteiger partial charge >= 0.3 is 0 Å². The Labute approximate surface area is 183 Å². The Morgan fingerprint density at radius 3 is 2.48 bits per heavy atom. The lowest BCUT2D eigenvalue weighted by Gasteiger charge is -2.19. The molecule has 0 saturated heterocycles. The average molecular weight is 445 g/mol. The quantitative estimate of drug-likeness (QED) is 0.560. The van der Waals surface area contributed by atoms with Crippen molar-refractivity contribution in [2.45, 2.75) is 39.0 Å². The fourth-order valence-electron chi connectivity index (χ4n) is 3.55. The summed E-state index contributed by atoms with van der Waals surface area (Å²) in [6, 6.07) is 8.41. The van der Waals surface area contributed by atoms with Gasteiger partial charge in [0.25, 0.3) is 0 Å². The number of ether oxygens (including phenoxy) is 1. The zero-order chi connectivity index (χ0) is 22.8. The van der Waals surface area contributed by atoms with E-state index < -0.39 is 10.0 Å². The number of anilines is 1. The number of nitrogens with zero attached hydrogens (tertiary/aromatic N) is 1. The summed E-state index contributed by atoms with van der Waals surface area (Å²) in [7, 11) is -2.19. The summed E-state index contributed by atoms with van der Waals surface area (Å²) in [6.07, 6.45) is 1.68. The van der Waals surface area contributed by atoms with Crippen LogP contribution in [0.25, 0.3) is 11.0 Å². The van der Waals surface area contributed by atoms with E-state index in [9.17, 15) is 13.2 Å². The SMILES string of the molecule is CCN(CC)S(=O)(=O)c1ccc(OC)c(NC(=O)Cc2coc3c(C)c(C)ccc23)c1. The van der Waals surface area contributed by atoms with Crippen molar-refractivity contribution in [2.24, 2.45) is 0 Å². The Morgan fingerprint density at radius 2 is 1.84 bits per heavy atom. The fraction of sp³-hybridized carbons (Fsp3) is 0.348. The number of carbonyl (C=O) groups excluding carboxylic acids is 1. The van der Waals surface area contributed by atoms with Gasteiger partial charge in [-0.2, -0.15) is 4.31 Å². The van der Waals surface area contributed by atoms with Crippen LogP contribution < -0.4 is 10.1 Å². The summed E-state index contributed by atoms with van der Waals surface area (Å²) >= 11 is 0. The molecule has 2 aromatic carbocycles. The van der Waals surface area contributed by atoms with Crippen molar-refractivity contribution in [3.05, 3.63) is 53.3 Å². The van der Waals surface area contributed by atoms with Gasteiger partial charge in [-0.3, -0.25) is 4.79 Å². The minimum absolute atomic E-state index is 0.0890. The summed E-state index contributed by atoms with van der Waals surface area (Å²) < 4.78 is 38.1. The number of furan rings is 1. The largest absolute Gasteiger partial charge is 0.495 e. The number of benzene rings is 2. The van der Waals surface area contributed by atoms with Gasteiger partial charge in [-0.05, 0) is 43.2 Å². The van der Waals surface area contributed by atoms with Gasteiger partial charge in [0.1, 0.15) is 11.3 Å². The van der Waals surface area contributed by atoms with Gasteiger partial charge in [0, 0.05) is 24.0 Å². The van der Waals surface area contributed by atoms with Crippen LogP contribution >= 0.6 is 0 Å². The van der Waals surface area contributed by atoms with E-state index in [0.717, 1.165) is 27.7 Å². The molecule has 7 nitrogen and oxygen atoms in total. The molecule has 3 aromatic rings. The van der Waals surface area contributed by atoms with Crippen molar-refractivity contribution in [1.82, 2.24) is 4.31 Å². The van der Waals surface area contributed by atoms with Crippen molar-refractivity contribution in [3.8, 4) is 5.75 Å². The third kappa shape index (κ3) is 4.45. The van der Waals surface area contributed by atoms with Crippen LogP contribution in [0.1, 0.15) is 30.5 Å². The highest BCUT2D eigenvalue weighted by molar-refractivity contribution is 7.89. The van der Waals surface area contributed by atoms with E-state index in [2.05, 4.69) is 5.32 Å². The number of hydrogen-bond donors (Lipinski definition) is 1. The average Bonchev–Trinajstić information content (AvgIpc) is 3.14. The molecule has 0 aliphatic heterocycles. The molecule has 0 bridgehead atoms. The molecule has 0 spiro atoms. The summed E-state index contributed by atoms with van der Waals surface area (Å²) in [5.74, 6) is 0.0898. The number of aryl methyl sites for hydroxylation is 2. The van der Waals surface area contributed by atoms with Crippen molar-refractivity contribution in [3.63, 3.8) is 0 Å². The molecule has 0 aliphatic carbocycles. The molecule has 8 heteroatoms. The number of methoxy groups -OCH3 is 1. The van der Waals surface area contributed by atoms with Crippen LogP contribution in [0.15, 0.2) is 45.9 Å². The van der Waals surface area contributed by atoms with E-state index in [1.807, 2.05) is 26.0 Å². The Bertz CT molecular complexity index is 1210. The summed E-state index contributed by atoms with van der Waals surface area (Å²) in [5.41, 5.74) is 4.00. The van der Waals surface area contributed by atoms with Crippen molar-refractivity contribution < 1.29 is 22.4 Å². The van der Waals surface area contributed by atoms with Crippen molar-refractivity contribution in [1.29, 1.82) is 0 Å². The molecule has 0 atom stereocenters. The van der Waals surface area contributed by atoms with Gasteiger partial charge in [0.15, 0.2) is 0 Å². The molecule has 1 heterocycles. The Morgan fingerprint density at radius 1 is 1.13 bits per heavy atom. The lowest BCUT2D eigenvalue weighted by atomic mass is 10.0. The molecule has 31 heavy (non-hydrogen) atoms. The van der Waals surface area contributed by atoms with Gasteiger partial charge in [-0.1, -0.05) is 26.0 Å². The van der Waals surface area contributed by atoms with Gasteiger partial charge in [-0.25, -0.2) is 8.42 Å². The second-order valence-electron chi connectivity index (χ2n) is 7.32. The molecule has 0 aliphatic rings. The van der Waals surface area contributed by atoms with E-state index in [1.54, 1.807) is 26.2 Å². The standard InChI is InChI=1S/C23H28N2O5S/c1-6-25(7-2)31(27,28)18-9-11-21(29-5)20(13-18)24-22(26)12-17-14-30-23-16(4)15(3)8-10-19(17)23/h8-11,13-14H,6-7,12H2,1-5H3,(H,24,26).